The molecule has 4 aliphatic rings. The van der Waals surface area contributed by atoms with Crippen LogP contribution in [0.25, 0.3) is 12.2 Å². The zero-order valence-corrected chi connectivity index (χ0v) is 21.8. The molecule has 2 fully saturated rings. The Morgan fingerprint density at radius 3 is 2.62 bits per heavy atom. The van der Waals surface area contributed by atoms with Gasteiger partial charge in [0.25, 0.3) is 0 Å². The van der Waals surface area contributed by atoms with Crippen molar-refractivity contribution in [2.45, 2.75) is 71.3 Å². The molecule has 3 aliphatic carbocycles. The van der Waals surface area contributed by atoms with Gasteiger partial charge in [0.05, 0.1) is 0 Å². The van der Waals surface area contributed by atoms with E-state index in [2.05, 4.69) is 19.1 Å². The molecule has 0 unspecified atom stereocenters. The summed E-state index contributed by atoms with van der Waals surface area (Å²) < 4.78 is 22.4. The van der Waals surface area contributed by atoms with Gasteiger partial charge in [0.2, 0.25) is 6.79 Å². The number of carbonyl (C=O) groups excluding carboxylic acids is 2. The van der Waals surface area contributed by atoms with Crippen LogP contribution < -0.4 is 14.2 Å². The number of hydrogen-bond donors (Lipinski definition) is 0. The fourth-order valence-corrected chi connectivity index (χ4v) is 7.54. The zero-order valence-electron chi connectivity index (χ0n) is 21.8. The van der Waals surface area contributed by atoms with Crippen molar-refractivity contribution in [3.63, 3.8) is 0 Å². The topological polar surface area (TPSA) is 71.1 Å². The summed E-state index contributed by atoms with van der Waals surface area (Å²) in [4.78, 5) is 23.7. The lowest BCUT2D eigenvalue weighted by molar-refractivity contribution is -0.154. The predicted molar refractivity (Wildman–Crippen MR) is 139 cm³/mol. The van der Waals surface area contributed by atoms with Gasteiger partial charge in [0, 0.05) is 24.8 Å². The summed E-state index contributed by atoms with van der Waals surface area (Å²) in [6.45, 7) is 5.56. The molecule has 0 amide bonds. The van der Waals surface area contributed by atoms with Crippen LogP contribution in [0.1, 0.15) is 81.0 Å². The number of benzene rings is 2. The maximum absolute atomic E-state index is 11.9. The highest BCUT2D eigenvalue weighted by Gasteiger charge is 2.56. The first-order chi connectivity index (χ1) is 17.8. The van der Waals surface area contributed by atoms with Gasteiger partial charge in [-0.1, -0.05) is 25.1 Å². The first kappa shape index (κ1) is 24.1. The zero-order chi connectivity index (χ0) is 25.7. The summed E-state index contributed by atoms with van der Waals surface area (Å²) in [7, 11) is 0. The number of ether oxygens (including phenoxy) is 4. The minimum Gasteiger partial charge on any atom is -0.462 e. The third-order valence-corrected chi connectivity index (χ3v) is 9.18. The molecule has 5 atom stereocenters. The van der Waals surface area contributed by atoms with Gasteiger partial charge in [-0.25, -0.2) is 0 Å². The normalized spacial score (nSPS) is 29.4. The van der Waals surface area contributed by atoms with Gasteiger partial charge in [-0.05, 0) is 97.2 Å². The van der Waals surface area contributed by atoms with E-state index in [1.54, 1.807) is 0 Å². The van der Waals surface area contributed by atoms with Crippen molar-refractivity contribution in [3.8, 4) is 17.2 Å². The van der Waals surface area contributed by atoms with E-state index in [0.717, 1.165) is 61.2 Å². The van der Waals surface area contributed by atoms with Gasteiger partial charge in [-0.15, -0.1) is 0 Å². The molecule has 0 saturated heterocycles. The van der Waals surface area contributed by atoms with Crippen LogP contribution in [0.4, 0.5) is 0 Å². The van der Waals surface area contributed by atoms with E-state index >= 15 is 0 Å². The molecule has 0 N–H and O–H groups in total. The molecule has 0 bridgehead atoms. The number of hydrogen-bond acceptors (Lipinski definition) is 6. The van der Waals surface area contributed by atoms with Crippen molar-refractivity contribution in [1.29, 1.82) is 0 Å². The fourth-order valence-electron chi connectivity index (χ4n) is 7.54. The molecule has 37 heavy (non-hydrogen) atoms. The minimum atomic E-state index is -0.317. The first-order valence-electron chi connectivity index (χ1n) is 13.4. The van der Waals surface area contributed by atoms with Crippen LogP contribution in [0.3, 0.4) is 0 Å². The Morgan fingerprint density at radius 1 is 0.973 bits per heavy atom. The van der Waals surface area contributed by atoms with E-state index in [1.165, 1.54) is 25.0 Å². The Morgan fingerprint density at radius 2 is 1.81 bits per heavy atom. The smallest absolute Gasteiger partial charge is 0.308 e. The molecule has 2 aromatic carbocycles. The van der Waals surface area contributed by atoms with E-state index in [4.69, 9.17) is 18.9 Å². The van der Waals surface area contributed by atoms with Crippen molar-refractivity contribution in [1.82, 2.24) is 0 Å². The third-order valence-electron chi connectivity index (χ3n) is 9.18. The van der Waals surface area contributed by atoms with Gasteiger partial charge >= 0.3 is 11.9 Å². The summed E-state index contributed by atoms with van der Waals surface area (Å²) in [5, 5.41) is 0. The van der Waals surface area contributed by atoms with Crippen LogP contribution in [-0.2, 0) is 20.7 Å². The highest BCUT2D eigenvalue weighted by molar-refractivity contribution is 5.77. The van der Waals surface area contributed by atoms with E-state index in [1.807, 2.05) is 30.4 Å². The highest BCUT2D eigenvalue weighted by Crippen LogP contribution is 2.61. The van der Waals surface area contributed by atoms with Crippen molar-refractivity contribution < 1.29 is 28.5 Å². The second-order valence-corrected chi connectivity index (χ2v) is 11.3. The first-order valence-corrected chi connectivity index (χ1v) is 13.4. The molecule has 0 aromatic heterocycles. The van der Waals surface area contributed by atoms with Crippen molar-refractivity contribution >= 4 is 24.1 Å². The number of aryl methyl sites for hydroxylation is 1. The molecule has 1 aliphatic heterocycles. The number of fused-ring (bicyclic) bond motifs is 6. The van der Waals surface area contributed by atoms with E-state index in [0.29, 0.717) is 23.5 Å². The molecule has 1 heterocycles. The molecule has 2 aromatic rings. The molecule has 0 spiro atoms. The molecule has 6 heteroatoms. The lowest BCUT2D eigenvalue weighted by atomic mass is 9.55. The fraction of sp³-hybridized carbons (Fsp3) is 0.484. The van der Waals surface area contributed by atoms with Crippen molar-refractivity contribution in [2.24, 2.45) is 17.3 Å². The molecular formula is C31H34O6. The molecule has 6 rings (SSSR count). The van der Waals surface area contributed by atoms with Gasteiger partial charge in [-0.3, -0.25) is 9.59 Å². The average Bonchev–Trinajstić information content (AvgIpc) is 3.45. The van der Waals surface area contributed by atoms with Crippen LogP contribution >= 0.6 is 0 Å². The van der Waals surface area contributed by atoms with Gasteiger partial charge in [-0.2, -0.15) is 0 Å². The standard InChI is InChI=1S/C31H34O6/c1-18(32)36-28-16-21-7-8-24-23(12-13-31(3)26(24)9-11-30(31)37-19(2)33)25(21)15-22(28)6-4-20-5-10-27-29(14-20)35-17-34-27/h4-6,10,14-16,23-24,26,30H,7-9,11-13,17H2,1-3H3/b6-4-/t23-,24+,26-,30-,31-/m0/s1. The maximum atomic E-state index is 11.9. The Kier molecular flexibility index (Phi) is 6.01. The molecular weight excluding hydrogens is 468 g/mol. The second kappa shape index (κ2) is 9.23. The number of carbonyl (C=O) groups is 2. The largest absolute Gasteiger partial charge is 0.462 e. The van der Waals surface area contributed by atoms with Crippen LogP contribution in [0, 0.1) is 17.3 Å². The lowest BCUT2D eigenvalue weighted by Gasteiger charge is -2.50. The Balaban J connectivity index is 1.32. The highest BCUT2D eigenvalue weighted by atomic mass is 16.7. The molecule has 194 valence electrons. The number of rotatable bonds is 4. The van der Waals surface area contributed by atoms with Crippen LogP contribution in [0.5, 0.6) is 17.2 Å². The van der Waals surface area contributed by atoms with Crippen molar-refractivity contribution in [2.75, 3.05) is 6.79 Å². The van der Waals surface area contributed by atoms with E-state index < -0.39 is 0 Å². The van der Waals surface area contributed by atoms with E-state index in [-0.39, 0.29) is 30.3 Å². The SMILES string of the molecule is CC(=O)Oc1cc2c(cc1/C=C\c1ccc3c(c1)OCO3)[C@H]1CC[C@]3(C)[C@@H](OC(C)=O)CC[C@H]3[C@@H]1CC2. The van der Waals surface area contributed by atoms with E-state index in [9.17, 15) is 9.59 Å². The predicted octanol–water partition coefficient (Wildman–Crippen LogP) is 6.30. The molecule has 0 radical (unpaired) electrons. The summed E-state index contributed by atoms with van der Waals surface area (Å²) in [5.41, 5.74) is 4.63. The summed E-state index contributed by atoms with van der Waals surface area (Å²) in [6, 6.07) is 10.2. The monoisotopic (exact) mass is 502 g/mol. The second-order valence-electron chi connectivity index (χ2n) is 11.3. The molecule has 6 nitrogen and oxygen atoms in total. The Bertz CT molecular complexity index is 1280. The van der Waals surface area contributed by atoms with Gasteiger partial charge in [0.15, 0.2) is 11.5 Å². The minimum absolute atomic E-state index is 0.0314. The van der Waals surface area contributed by atoms with Gasteiger partial charge in [0.1, 0.15) is 11.9 Å². The van der Waals surface area contributed by atoms with Crippen molar-refractivity contribution in [3.05, 3.63) is 52.6 Å². The summed E-state index contributed by atoms with van der Waals surface area (Å²) in [5.74, 6) is 3.23. The summed E-state index contributed by atoms with van der Waals surface area (Å²) >= 11 is 0. The Labute approximate surface area is 217 Å². The van der Waals surface area contributed by atoms with Gasteiger partial charge < -0.3 is 18.9 Å². The quantitative estimate of drug-likeness (QED) is 0.278. The average molecular weight is 503 g/mol. The van der Waals surface area contributed by atoms with Crippen LogP contribution in [0.15, 0.2) is 30.3 Å². The van der Waals surface area contributed by atoms with Crippen LogP contribution in [-0.4, -0.2) is 24.8 Å². The number of esters is 2. The maximum Gasteiger partial charge on any atom is 0.308 e. The Hall–Kier alpha value is -3.28. The van der Waals surface area contributed by atoms with Crippen LogP contribution in [0.2, 0.25) is 0 Å². The third kappa shape index (κ3) is 4.30. The lowest BCUT2D eigenvalue weighted by Crippen LogP contribution is -2.45. The summed E-state index contributed by atoms with van der Waals surface area (Å²) in [6.07, 6.45) is 10.4. The molecule has 2 saturated carbocycles.